The van der Waals surface area contributed by atoms with Crippen LogP contribution in [-0.2, 0) is 11.0 Å². The van der Waals surface area contributed by atoms with Crippen LogP contribution in [-0.4, -0.2) is 12.4 Å². The Morgan fingerprint density at radius 2 is 2.06 bits per heavy atom. The number of carbonyl (C=O) groups is 1. The zero-order valence-electron chi connectivity index (χ0n) is 18.4. The zero-order valence-corrected chi connectivity index (χ0v) is 18.4. The largest absolute Gasteiger partial charge is 0.493 e. The van der Waals surface area contributed by atoms with Gasteiger partial charge in [0, 0.05) is 18.8 Å². The van der Waals surface area contributed by atoms with Crippen molar-refractivity contribution in [3.8, 4) is 5.75 Å². The van der Waals surface area contributed by atoms with E-state index in [1.54, 1.807) is 6.07 Å². The Balaban J connectivity index is 1.60. The van der Waals surface area contributed by atoms with Gasteiger partial charge in [0.15, 0.2) is 0 Å². The van der Waals surface area contributed by atoms with E-state index in [0.717, 1.165) is 37.8 Å². The number of halogens is 3. The number of hydrogen-bond acceptors (Lipinski definition) is 2. The van der Waals surface area contributed by atoms with Crippen molar-refractivity contribution in [1.29, 1.82) is 0 Å². The highest BCUT2D eigenvalue weighted by Gasteiger charge is 2.39. The van der Waals surface area contributed by atoms with Crippen molar-refractivity contribution in [3.05, 3.63) is 54.1 Å². The van der Waals surface area contributed by atoms with Crippen molar-refractivity contribution in [3.63, 3.8) is 0 Å². The van der Waals surface area contributed by atoms with Crippen LogP contribution in [0.2, 0.25) is 0 Å². The Kier molecular flexibility index (Phi) is 8.01. The van der Waals surface area contributed by atoms with Gasteiger partial charge in [0.25, 0.3) is 0 Å². The highest BCUT2D eigenvalue weighted by atomic mass is 19.4. The third-order valence-corrected chi connectivity index (χ3v) is 6.66. The molecule has 2 aliphatic carbocycles. The summed E-state index contributed by atoms with van der Waals surface area (Å²) in [6.45, 7) is 4.60. The van der Waals surface area contributed by atoms with Crippen molar-refractivity contribution in [2.24, 2.45) is 29.6 Å². The summed E-state index contributed by atoms with van der Waals surface area (Å²) in [5.41, 5.74) is -0.697. The lowest BCUT2D eigenvalue weighted by Gasteiger charge is -2.23. The van der Waals surface area contributed by atoms with Gasteiger partial charge in [-0.15, -0.1) is 0 Å². The normalized spacial score (nSPS) is 29.5. The second-order valence-corrected chi connectivity index (χ2v) is 9.26. The van der Waals surface area contributed by atoms with E-state index in [9.17, 15) is 18.0 Å². The molecule has 3 rings (SSSR count). The van der Waals surface area contributed by atoms with Crippen LogP contribution in [0, 0.1) is 29.6 Å². The molecule has 2 nitrogen and oxygen atoms in total. The predicted molar refractivity (Wildman–Crippen MR) is 117 cm³/mol. The molecule has 5 heteroatoms. The molecule has 1 saturated carbocycles. The molecule has 1 fully saturated rings. The topological polar surface area (TPSA) is 26.3 Å². The number of rotatable bonds is 5. The molecule has 2 aliphatic rings. The summed E-state index contributed by atoms with van der Waals surface area (Å²) in [7, 11) is 0. The smallest absolute Gasteiger partial charge is 0.416 e. The van der Waals surface area contributed by atoms with E-state index in [4.69, 9.17) is 4.74 Å². The van der Waals surface area contributed by atoms with E-state index in [1.165, 1.54) is 6.07 Å². The minimum absolute atomic E-state index is 0.0810. The zero-order chi connectivity index (χ0) is 22.4. The van der Waals surface area contributed by atoms with E-state index in [2.05, 4.69) is 31.2 Å². The molecule has 0 aliphatic heterocycles. The van der Waals surface area contributed by atoms with E-state index in [0.29, 0.717) is 48.9 Å². The first-order chi connectivity index (χ1) is 14.7. The molecule has 0 bridgehead atoms. The Hall–Kier alpha value is -2.04. The molecule has 1 aromatic rings. The van der Waals surface area contributed by atoms with Gasteiger partial charge < -0.3 is 4.74 Å². The third kappa shape index (κ3) is 6.72. The highest BCUT2D eigenvalue weighted by molar-refractivity contribution is 5.78. The molecule has 31 heavy (non-hydrogen) atoms. The molecular formula is C26H33F3O2. The van der Waals surface area contributed by atoms with Crippen LogP contribution in [0.5, 0.6) is 5.75 Å². The van der Waals surface area contributed by atoms with Crippen LogP contribution in [0.25, 0.3) is 0 Å². The molecule has 0 amide bonds. The molecule has 0 unspecified atom stereocenters. The van der Waals surface area contributed by atoms with Gasteiger partial charge in [0.2, 0.25) is 0 Å². The number of Topliss-reactive ketones (excluding diaryl/α,β-unsaturated/α-hetero) is 1. The highest BCUT2D eigenvalue weighted by Crippen LogP contribution is 2.46. The Bertz CT molecular complexity index is 796. The molecule has 0 heterocycles. The van der Waals surface area contributed by atoms with Crippen LogP contribution in [0.3, 0.4) is 0 Å². The molecule has 1 aromatic carbocycles. The fourth-order valence-electron chi connectivity index (χ4n) is 5.01. The molecule has 170 valence electrons. The van der Waals surface area contributed by atoms with Gasteiger partial charge in [-0.3, -0.25) is 4.79 Å². The summed E-state index contributed by atoms with van der Waals surface area (Å²) in [5.74, 6) is 2.56. The molecule has 0 aromatic heterocycles. The van der Waals surface area contributed by atoms with Gasteiger partial charge in [-0.05, 0) is 67.6 Å². The minimum Gasteiger partial charge on any atom is -0.493 e. The molecular weight excluding hydrogens is 401 g/mol. The first-order valence-corrected chi connectivity index (χ1v) is 11.4. The maximum absolute atomic E-state index is 12.9. The van der Waals surface area contributed by atoms with Gasteiger partial charge in [-0.25, -0.2) is 0 Å². The van der Waals surface area contributed by atoms with E-state index < -0.39 is 11.7 Å². The van der Waals surface area contributed by atoms with Crippen LogP contribution in [0.15, 0.2) is 48.6 Å². The summed E-state index contributed by atoms with van der Waals surface area (Å²) < 4.78 is 44.2. The lowest BCUT2D eigenvalue weighted by Crippen LogP contribution is -2.18. The summed E-state index contributed by atoms with van der Waals surface area (Å²) in [6, 6.07) is 5.02. The number of allylic oxidation sites excluding steroid dienone is 3. The SMILES string of the molecule is C[C@H](/C=C/[C@@H]1[C@H]2C/C=C\CCCC(=O)C[C@H]2C[C@H]1C)COc1cccc(C(F)(F)F)c1. The van der Waals surface area contributed by atoms with Crippen LogP contribution < -0.4 is 4.74 Å². The summed E-state index contributed by atoms with van der Waals surface area (Å²) in [6.07, 6.45) is 9.91. The van der Waals surface area contributed by atoms with Gasteiger partial charge >= 0.3 is 6.18 Å². The summed E-state index contributed by atoms with van der Waals surface area (Å²) >= 11 is 0. The number of ketones is 1. The van der Waals surface area contributed by atoms with Gasteiger partial charge in [-0.1, -0.05) is 44.2 Å². The average molecular weight is 435 g/mol. The summed E-state index contributed by atoms with van der Waals surface area (Å²) in [5, 5.41) is 0. The number of hydrogen-bond donors (Lipinski definition) is 0. The van der Waals surface area contributed by atoms with E-state index in [1.807, 2.05) is 6.92 Å². The van der Waals surface area contributed by atoms with Crippen molar-refractivity contribution < 1.29 is 22.7 Å². The second kappa shape index (κ2) is 10.5. The molecule has 0 saturated heterocycles. The second-order valence-electron chi connectivity index (χ2n) is 9.26. The fourth-order valence-corrected chi connectivity index (χ4v) is 5.01. The first-order valence-electron chi connectivity index (χ1n) is 11.4. The molecule has 0 spiro atoms. The first kappa shape index (κ1) is 23.6. The van der Waals surface area contributed by atoms with Crippen molar-refractivity contribution in [1.82, 2.24) is 0 Å². The fraction of sp³-hybridized carbons (Fsp3) is 0.577. The van der Waals surface area contributed by atoms with Gasteiger partial charge in [-0.2, -0.15) is 13.2 Å². The lowest BCUT2D eigenvalue weighted by molar-refractivity contribution is -0.137. The predicted octanol–water partition coefficient (Wildman–Crippen LogP) is 7.25. The molecule has 5 atom stereocenters. The maximum Gasteiger partial charge on any atom is 0.416 e. The van der Waals surface area contributed by atoms with Gasteiger partial charge in [0.1, 0.15) is 11.5 Å². The molecule has 0 N–H and O–H groups in total. The Morgan fingerprint density at radius 3 is 2.84 bits per heavy atom. The van der Waals surface area contributed by atoms with E-state index >= 15 is 0 Å². The number of carbonyl (C=O) groups excluding carboxylic acids is 1. The number of fused-ring (bicyclic) bond motifs is 1. The number of ether oxygens (including phenoxy) is 1. The number of alkyl halides is 3. The molecule has 0 radical (unpaired) electrons. The monoisotopic (exact) mass is 434 g/mol. The van der Waals surface area contributed by atoms with Gasteiger partial charge in [0.05, 0.1) is 12.2 Å². The minimum atomic E-state index is -4.37. The average Bonchev–Trinajstić information content (AvgIpc) is 3.01. The Labute approximate surface area is 183 Å². The van der Waals surface area contributed by atoms with Crippen molar-refractivity contribution in [2.75, 3.05) is 6.61 Å². The van der Waals surface area contributed by atoms with Crippen molar-refractivity contribution >= 4 is 5.78 Å². The van der Waals surface area contributed by atoms with Crippen molar-refractivity contribution in [2.45, 2.75) is 58.5 Å². The van der Waals surface area contributed by atoms with Crippen LogP contribution in [0.1, 0.15) is 57.9 Å². The standard InChI is InChI=1S/C26H33F3O2/c1-18(17-31-23-10-7-8-21(16-23)26(27,28)29)12-13-24-19(2)14-20-15-22(30)9-5-3-4-6-11-25(20)24/h4,6-8,10,12-13,16,18-20,24-25H,3,5,9,11,14-15,17H2,1-2H3/b6-4-,13-12+/t18-,19-,20-,24+,25+/m1/s1. The lowest BCUT2D eigenvalue weighted by atomic mass is 9.81. The quantitative estimate of drug-likeness (QED) is 0.456. The maximum atomic E-state index is 12.9. The van der Waals surface area contributed by atoms with Crippen LogP contribution >= 0.6 is 0 Å². The third-order valence-electron chi connectivity index (χ3n) is 6.66. The van der Waals surface area contributed by atoms with Crippen LogP contribution in [0.4, 0.5) is 13.2 Å². The Morgan fingerprint density at radius 1 is 1.26 bits per heavy atom. The summed E-state index contributed by atoms with van der Waals surface area (Å²) in [4.78, 5) is 12.3. The van der Waals surface area contributed by atoms with E-state index in [-0.39, 0.29) is 11.7 Å². The number of benzene rings is 1.